The number of nitrogens with one attached hydrogen (secondary N) is 1. The summed E-state index contributed by atoms with van der Waals surface area (Å²) >= 11 is 5.86. The van der Waals surface area contributed by atoms with Crippen molar-refractivity contribution in [2.75, 3.05) is 0 Å². The number of nitro groups is 1. The highest BCUT2D eigenvalue weighted by atomic mass is 35.5. The molecule has 0 aliphatic heterocycles. The Kier molecular flexibility index (Phi) is 5.54. The van der Waals surface area contributed by atoms with E-state index in [0.29, 0.717) is 0 Å². The summed E-state index contributed by atoms with van der Waals surface area (Å²) in [5, 5.41) is 13.4. The zero-order valence-electron chi connectivity index (χ0n) is 12.6. The summed E-state index contributed by atoms with van der Waals surface area (Å²) in [6.07, 6.45) is 3.06. The maximum absolute atomic E-state index is 12.0. The predicted molar refractivity (Wildman–Crippen MR) is 83.4 cm³/mol. The van der Waals surface area contributed by atoms with Crippen molar-refractivity contribution in [3.63, 3.8) is 0 Å². The normalized spacial score (nSPS) is 15.9. The molecule has 8 heteroatoms. The van der Waals surface area contributed by atoms with Crippen LogP contribution in [-0.2, 0) is 9.53 Å². The van der Waals surface area contributed by atoms with Crippen molar-refractivity contribution in [3.8, 4) is 0 Å². The van der Waals surface area contributed by atoms with Crippen molar-refractivity contribution in [1.29, 1.82) is 0 Å². The number of nitrogens with zero attached hydrogens (tertiary/aromatic N) is 1. The third-order valence-corrected chi connectivity index (χ3v) is 4.05. The van der Waals surface area contributed by atoms with E-state index in [1.807, 2.05) is 0 Å². The predicted octanol–water partition coefficient (Wildman–Crippen LogP) is 2.85. The number of carbonyl (C=O) groups is 2. The second-order valence-corrected chi connectivity index (χ2v) is 5.87. The van der Waals surface area contributed by atoms with Crippen LogP contribution >= 0.6 is 11.6 Å². The third-order valence-electron chi connectivity index (χ3n) is 3.74. The van der Waals surface area contributed by atoms with Gasteiger partial charge >= 0.3 is 5.97 Å². The van der Waals surface area contributed by atoms with E-state index in [1.54, 1.807) is 0 Å². The van der Waals surface area contributed by atoms with Gasteiger partial charge in [0.05, 0.1) is 15.5 Å². The van der Waals surface area contributed by atoms with Gasteiger partial charge in [0.2, 0.25) is 0 Å². The lowest BCUT2D eigenvalue weighted by Crippen LogP contribution is -2.40. The Bertz CT molecular complexity index is 628. The number of benzene rings is 1. The number of nitro benzene ring substituents is 1. The van der Waals surface area contributed by atoms with Crippen LogP contribution in [0.3, 0.4) is 0 Å². The maximum Gasteiger partial charge on any atom is 0.340 e. The van der Waals surface area contributed by atoms with Crippen LogP contribution in [0.25, 0.3) is 0 Å². The molecule has 0 unspecified atom stereocenters. The fraction of sp³-hybridized carbons (Fsp3) is 0.467. The van der Waals surface area contributed by atoms with E-state index in [9.17, 15) is 19.7 Å². The van der Waals surface area contributed by atoms with E-state index >= 15 is 0 Å². The lowest BCUT2D eigenvalue weighted by molar-refractivity contribution is -0.384. The van der Waals surface area contributed by atoms with E-state index < -0.39 is 17.0 Å². The topological polar surface area (TPSA) is 98.5 Å². The molecule has 1 saturated carbocycles. The molecule has 124 valence electrons. The molecule has 0 radical (unpaired) electrons. The summed E-state index contributed by atoms with van der Waals surface area (Å²) in [5.74, 6) is -1.15. The van der Waals surface area contributed by atoms with Gasteiger partial charge in [-0.15, -0.1) is 0 Å². The molecule has 0 bridgehead atoms. The van der Waals surface area contributed by atoms with E-state index in [2.05, 4.69) is 5.32 Å². The van der Waals surface area contributed by atoms with Gasteiger partial charge in [-0.2, -0.15) is 0 Å². The fourth-order valence-electron chi connectivity index (χ4n) is 2.45. The Hall–Kier alpha value is -2.15. The van der Waals surface area contributed by atoms with Gasteiger partial charge in [-0.3, -0.25) is 14.9 Å². The molecule has 1 aliphatic rings. The molecular formula is C15H17ClN2O5. The van der Waals surface area contributed by atoms with E-state index in [1.165, 1.54) is 13.0 Å². The minimum atomic E-state index is -0.964. The Morgan fingerprint density at radius 3 is 2.61 bits per heavy atom. The maximum atomic E-state index is 12.0. The quantitative estimate of drug-likeness (QED) is 0.505. The standard InChI is InChI=1S/C15H17ClN2O5/c1-9(14(19)17-10-4-2-3-5-10)23-15(20)12-7-6-11(18(21)22)8-13(12)16/h6-10H,2-5H2,1H3,(H,17,19)/t9-/m0/s1. The van der Waals surface area contributed by atoms with Crippen molar-refractivity contribution in [3.05, 3.63) is 38.9 Å². The minimum absolute atomic E-state index is 0.0159. The minimum Gasteiger partial charge on any atom is -0.449 e. The van der Waals surface area contributed by atoms with Crippen LogP contribution in [0.15, 0.2) is 18.2 Å². The zero-order valence-corrected chi connectivity index (χ0v) is 13.3. The van der Waals surface area contributed by atoms with Crippen molar-refractivity contribution < 1.29 is 19.2 Å². The third kappa shape index (κ3) is 4.41. The van der Waals surface area contributed by atoms with Gasteiger partial charge in [-0.25, -0.2) is 4.79 Å². The summed E-state index contributed by atoms with van der Waals surface area (Å²) < 4.78 is 5.08. The highest BCUT2D eigenvalue weighted by molar-refractivity contribution is 6.33. The Labute approximate surface area is 138 Å². The molecule has 0 spiro atoms. The molecule has 1 N–H and O–H groups in total. The summed E-state index contributed by atoms with van der Waals surface area (Å²) in [6, 6.07) is 3.57. The zero-order chi connectivity index (χ0) is 17.0. The number of rotatable bonds is 5. The number of esters is 1. The molecule has 7 nitrogen and oxygen atoms in total. The molecule has 1 aromatic rings. The number of hydrogen-bond acceptors (Lipinski definition) is 5. The lowest BCUT2D eigenvalue weighted by Gasteiger charge is -2.17. The first-order chi connectivity index (χ1) is 10.9. The van der Waals surface area contributed by atoms with Crippen molar-refractivity contribution in [2.45, 2.75) is 44.8 Å². The number of carbonyl (C=O) groups excluding carboxylic acids is 2. The van der Waals surface area contributed by atoms with Crippen LogP contribution in [0.2, 0.25) is 5.02 Å². The van der Waals surface area contributed by atoms with Gasteiger partial charge in [-0.1, -0.05) is 24.4 Å². The summed E-state index contributed by atoms with van der Waals surface area (Å²) in [4.78, 5) is 34.1. The highest BCUT2D eigenvalue weighted by Crippen LogP contribution is 2.23. The molecule has 0 aromatic heterocycles. The average molecular weight is 341 g/mol. The first kappa shape index (κ1) is 17.2. The van der Waals surface area contributed by atoms with Crippen molar-refractivity contribution in [1.82, 2.24) is 5.32 Å². The summed E-state index contributed by atoms with van der Waals surface area (Å²) in [5.41, 5.74) is -0.239. The summed E-state index contributed by atoms with van der Waals surface area (Å²) in [6.45, 7) is 1.47. The Morgan fingerprint density at radius 1 is 1.39 bits per heavy atom. The van der Waals surface area contributed by atoms with Gasteiger partial charge in [0.1, 0.15) is 0 Å². The van der Waals surface area contributed by atoms with Crippen molar-refractivity contribution >= 4 is 29.2 Å². The number of non-ortho nitro benzene ring substituents is 1. The Morgan fingerprint density at radius 2 is 2.04 bits per heavy atom. The van der Waals surface area contributed by atoms with Crippen LogP contribution in [0.4, 0.5) is 5.69 Å². The van der Waals surface area contributed by atoms with E-state index in [0.717, 1.165) is 37.8 Å². The molecular weight excluding hydrogens is 324 g/mol. The molecule has 1 amide bonds. The first-order valence-corrected chi connectivity index (χ1v) is 7.71. The van der Waals surface area contributed by atoms with Crippen LogP contribution in [0, 0.1) is 10.1 Å². The molecule has 1 aromatic carbocycles. The molecule has 2 rings (SSSR count). The van der Waals surface area contributed by atoms with E-state index in [4.69, 9.17) is 16.3 Å². The second-order valence-electron chi connectivity index (χ2n) is 5.46. The molecule has 1 fully saturated rings. The molecule has 0 saturated heterocycles. The fourth-order valence-corrected chi connectivity index (χ4v) is 2.70. The van der Waals surface area contributed by atoms with Crippen LogP contribution in [-0.4, -0.2) is 28.9 Å². The van der Waals surface area contributed by atoms with Gasteiger partial charge in [0, 0.05) is 18.2 Å². The van der Waals surface area contributed by atoms with Gasteiger partial charge in [0.15, 0.2) is 6.10 Å². The second kappa shape index (κ2) is 7.41. The number of hydrogen-bond donors (Lipinski definition) is 1. The van der Waals surface area contributed by atoms with E-state index in [-0.39, 0.29) is 28.2 Å². The molecule has 0 heterocycles. The smallest absolute Gasteiger partial charge is 0.340 e. The lowest BCUT2D eigenvalue weighted by atomic mass is 10.2. The van der Waals surface area contributed by atoms with Gasteiger partial charge in [-0.05, 0) is 25.8 Å². The molecule has 1 aliphatic carbocycles. The number of halogens is 1. The molecule has 23 heavy (non-hydrogen) atoms. The first-order valence-electron chi connectivity index (χ1n) is 7.34. The number of ether oxygens (including phenoxy) is 1. The van der Waals surface area contributed by atoms with Crippen LogP contribution < -0.4 is 5.32 Å². The van der Waals surface area contributed by atoms with Gasteiger partial charge in [0.25, 0.3) is 11.6 Å². The Balaban J connectivity index is 1.97. The summed E-state index contributed by atoms with van der Waals surface area (Å²) in [7, 11) is 0. The monoisotopic (exact) mass is 340 g/mol. The highest BCUT2D eigenvalue weighted by Gasteiger charge is 2.24. The number of amides is 1. The van der Waals surface area contributed by atoms with Crippen LogP contribution in [0.1, 0.15) is 43.0 Å². The van der Waals surface area contributed by atoms with Gasteiger partial charge < -0.3 is 10.1 Å². The van der Waals surface area contributed by atoms with Crippen molar-refractivity contribution in [2.24, 2.45) is 0 Å². The average Bonchev–Trinajstić information content (AvgIpc) is 2.99. The largest absolute Gasteiger partial charge is 0.449 e. The SMILES string of the molecule is C[C@H](OC(=O)c1ccc([N+](=O)[O-])cc1Cl)C(=O)NC1CCCC1. The van der Waals surface area contributed by atoms with Crippen LogP contribution in [0.5, 0.6) is 0 Å². The molecule has 1 atom stereocenters.